The van der Waals surface area contributed by atoms with Crippen LogP contribution in [0.4, 0.5) is 0 Å². The summed E-state index contributed by atoms with van der Waals surface area (Å²) in [6.45, 7) is 12.9. The third-order valence-electron chi connectivity index (χ3n) is 10.6. The Bertz CT molecular complexity index is 908. The molecule has 0 aromatic carbocycles. The van der Waals surface area contributed by atoms with Crippen LogP contribution in [0.1, 0.15) is 86.5 Å². The number of epoxide rings is 1. The summed E-state index contributed by atoms with van der Waals surface area (Å²) in [5, 5.41) is 22.6. The van der Waals surface area contributed by atoms with Gasteiger partial charge in [0.15, 0.2) is 0 Å². The number of hydrogen-bond donors (Lipinski definition) is 2. The summed E-state index contributed by atoms with van der Waals surface area (Å²) in [6.07, 6.45) is 11.5. The predicted octanol–water partition coefficient (Wildman–Crippen LogP) is 4.95. The van der Waals surface area contributed by atoms with Crippen LogP contribution < -0.4 is 0 Å². The normalized spacial score (nSPS) is 50.1. The maximum Gasteiger partial charge on any atom is 0.303 e. The lowest BCUT2D eigenvalue weighted by molar-refractivity contribution is -0.221. The second-order valence-electron chi connectivity index (χ2n) is 13.0. The van der Waals surface area contributed by atoms with Crippen molar-refractivity contribution in [3.05, 3.63) is 23.8 Å². The highest BCUT2D eigenvalue weighted by Gasteiger charge is 2.82. The molecule has 4 fully saturated rings. The number of carbonyl (C=O) groups is 1. The molecule has 1 spiro atoms. The summed E-state index contributed by atoms with van der Waals surface area (Å²) in [5.41, 5.74) is -1.02. The summed E-state index contributed by atoms with van der Waals surface area (Å²) in [5.74, 6) is 1.73. The quantitative estimate of drug-likeness (QED) is 0.336. The van der Waals surface area contributed by atoms with Crippen LogP contribution in [0, 0.1) is 34.5 Å². The fraction of sp³-hybridized carbons (Fsp3) is 0.828. The zero-order valence-corrected chi connectivity index (χ0v) is 21.8. The number of ether oxygens (including phenoxy) is 2. The van der Waals surface area contributed by atoms with E-state index in [1.807, 2.05) is 6.08 Å². The van der Waals surface area contributed by atoms with Gasteiger partial charge in [-0.2, -0.15) is 0 Å². The Hall–Kier alpha value is -1.17. The van der Waals surface area contributed by atoms with E-state index in [4.69, 9.17) is 9.47 Å². The molecule has 1 aliphatic heterocycles. The second kappa shape index (κ2) is 7.91. The third kappa shape index (κ3) is 3.18. The van der Waals surface area contributed by atoms with Gasteiger partial charge in [-0.15, -0.1) is 0 Å². The molecule has 10 unspecified atom stereocenters. The van der Waals surface area contributed by atoms with E-state index in [0.29, 0.717) is 36.5 Å². The predicted molar refractivity (Wildman–Crippen MR) is 131 cm³/mol. The van der Waals surface area contributed by atoms with Crippen molar-refractivity contribution in [1.29, 1.82) is 0 Å². The van der Waals surface area contributed by atoms with Crippen molar-refractivity contribution in [3.63, 3.8) is 0 Å². The van der Waals surface area contributed by atoms with Crippen molar-refractivity contribution in [2.24, 2.45) is 34.5 Å². The summed E-state index contributed by atoms with van der Waals surface area (Å²) in [6, 6.07) is 0. The molecule has 1 heterocycles. The molecule has 1 saturated heterocycles. The fourth-order valence-corrected chi connectivity index (χ4v) is 8.87. The van der Waals surface area contributed by atoms with Crippen LogP contribution >= 0.6 is 0 Å². The van der Waals surface area contributed by atoms with Gasteiger partial charge in [-0.1, -0.05) is 46.8 Å². The summed E-state index contributed by atoms with van der Waals surface area (Å²) in [7, 11) is 0. The van der Waals surface area contributed by atoms with Gasteiger partial charge in [0.25, 0.3) is 0 Å². The van der Waals surface area contributed by atoms with Gasteiger partial charge in [0.05, 0.1) is 12.2 Å². The number of rotatable bonds is 5. The first-order valence-corrected chi connectivity index (χ1v) is 13.5. The molecule has 0 amide bonds. The van der Waals surface area contributed by atoms with Crippen molar-refractivity contribution in [3.8, 4) is 0 Å². The van der Waals surface area contributed by atoms with E-state index >= 15 is 0 Å². The van der Waals surface area contributed by atoms with Crippen LogP contribution in [-0.4, -0.2) is 45.7 Å². The van der Waals surface area contributed by atoms with Crippen molar-refractivity contribution < 1.29 is 24.5 Å². The molecule has 5 nitrogen and oxygen atoms in total. The Morgan fingerprint density at radius 1 is 1.24 bits per heavy atom. The lowest BCUT2D eigenvalue weighted by Gasteiger charge is -2.60. The minimum absolute atomic E-state index is 0.0810. The lowest BCUT2D eigenvalue weighted by atomic mass is 9.45. The summed E-state index contributed by atoms with van der Waals surface area (Å²) < 4.78 is 12.4. The number of fused-ring (bicyclic) bond motifs is 3. The second-order valence-corrected chi connectivity index (χ2v) is 13.0. The molecule has 5 heteroatoms. The van der Waals surface area contributed by atoms with Crippen molar-refractivity contribution >= 4 is 5.97 Å². The monoisotopic (exact) mass is 472 g/mol. The standard InChI is InChI=1S/C29H44O5/c1-17(2)8-7-9-18(3)21-10-11-22-23-14-24(33-19(4)30)28(32)15-20(31)12-13-27(28,6)29(23)25(34-29)16-26(21,22)5/h7,9,14,17-18,20-22,24-25,31-32H,8,10-13,15-16H2,1-6H3. The summed E-state index contributed by atoms with van der Waals surface area (Å²) in [4.78, 5) is 12.1. The van der Waals surface area contributed by atoms with Crippen LogP contribution in [0.5, 0.6) is 0 Å². The maximum atomic E-state index is 12.1. The van der Waals surface area contributed by atoms with E-state index in [0.717, 1.165) is 19.3 Å². The van der Waals surface area contributed by atoms with Crippen molar-refractivity contribution in [2.45, 2.75) is 116 Å². The molecule has 4 aliphatic carbocycles. The van der Waals surface area contributed by atoms with E-state index in [1.54, 1.807) is 0 Å². The Morgan fingerprint density at radius 3 is 2.65 bits per heavy atom. The zero-order chi connectivity index (χ0) is 24.7. The van der Waals surface area contributed by atoms with Crippen molar-refractivity contribution in [1.82, 2.24) is 0 Å². The van der Waals surface area contributed by atoms with Gasteiger partial charge in [-0.05, 0) is 79.3 Å². The van der Waals surface area contributed by atoms with E-state index in [-0.39, 0.29) is 17.9 Å². The third-order valence-corrected chi connectivity index (χ3v) is 10.6. The molecule has 2 N–H and O–H groups in total. The van der Waals surface area contributed by atoms with Crippen LogP contribution in [0.25, 0.3) is 0 Å². The first-order chi connectivity index (χ1) is 15.9. The molecule has 0 aromatic rings. The Kier molecular flexibility index (Phi) is 5.71. The molecule has 0 bridgehead atoms. The van der Waals surface area contributed by atoms with Gasteiger partial charge in [0.1, 0.15) is 17.3 Å². The van der Waals surface area contributed by atoms with Crippen LogP contribution in [0.15, 0.2) is 23.8 Å². The highest BCUT2D eigenvalue weighted by Crippen LogP contribution is 2.76. The van der Waals surface area contributed by atoms with Gasteiger partial charge < -0.3 is 19.7 Å². The smallest absolute Gasteiger partial charge is 0.303 e. The minimum atomic E-state index is -1.33. The van der Waals surface area contributed by atoms with E-state index in [1.165, 1.54) is 18.9 Å². The Balaban J connectivity index is 1.53. The van der Waals surface area contributed by atoms with E-state index in [2.05, 4.69) is 46.8 Å². The SMILES string of the molecule is CC(=O)OC1C=C2C3CCC(C(C)C=CCC(C)C)C3(C)CC3OC23C2(C)CCC(O)CC12O. The van der Waals surface area contributed by atoms with Crippen LogP contribution in [0.3, 0.4) is 0 Å². The molecule has 34 heavy (non-hydrogen) atoms. The molecular weight excluding hydrogens is 428 g/mol. The molecule has 190 valence electrons. The topological polar surface area (TPSA) is 79.3 Å². The van der Waals surface area contributed by atoms with Crippen LogP contribution in [0.2, 0.25) is 0 Å². The average Bonchev–Trinajstić information content (AvgIpc) is 3.35. The zero-order valence-electron chi connectivity index (χ0n) is 21.8. The first kappa shape index (κ1) is 24.5. The average molecular weight is 473 g/mol. The molecule has 0 aromatic heterocycles. The van der Waals surface area contributed by atoms with Crippen LogP contribution in [-0.2, 0) is 14.3 Å². The van der Waals surface area contributed by atoms with Crippen molar-refractivity contribution in [2.75, 3.05) is 0 Å². The molecule has 0 radical (unpaired) electrons. The highest BCUT2D eigenvalue weighted by molar-refractivity contribution is 5.67. The van der Waals surface area contributed by atoms with Gasteiger partial charge in [-0.3, -0.25) is 4.79 Å². The molecule has 5 rings (SSSR count). The minimum Gasteiger partial charge on any atom is -0.455 e. The van der Waals surface area contributed by atoms with Gasteiger partial charge in [0.2, 0.25) is 0 Å². The highest BCUT2D eigenvalue weighted by atomic mass is 16.6. The Labute approximate surface area is 205 Å². The number of esters is 1. The number of allylic oxidation sites excluding steroid dienone is 2. The van der Waals surface area contributed by atoms with Gasteiger partial charge in [-0.25, -0.2) is 0 Å². The van der Waals surface area contributed by atoms with Gasteiger partial charge in [0, 0.05) is 18.8 Å². The lowest BCUT2D eigenvalue weighted by Crippen LogP contribution is -2.70. The molecule has 5 aliphatic rings. The number of carbonyl (C=O) groups excluding carboxylic acids is 1. The Morgan fingerprint density at radius 2 is 1.97 bits per heavy atom. The van der Waals surface area contributed by atoms with Gasteiger partial charge >= 0.3 is 5.97 Å². The maximum absolute atomic E-state index is 12.1. The first-order valence-electron chi connectivity index (χ1n) is 13.5. The number of aliphatic hydroxyl groups is 2. The molecule has 3 saturated carbocycles. The van der Waals surface area contributed by atoms with E-state index < -0.39 is 34.8 Å². The summed E-state index contributed by atoms with van der Waals surface area (Å²) >= 11 is 0. The molecular formula is C29H44O5. The number of hydrogen-bond acceptors (Lipinski definition) is 5. The fourth-order valence-electron chi connectivity index (χ4n) is 8.87. The largest absolute Gasteiger partial charge is 0.455 e. The van der Waals surface area contributed by atoms with E-state index in [9.17, 15) is 15.0 Å². The number of aliphatic hydroxyl groups excluding tert-OH is 1. The molecule has 10 atom stereocenters.